The lowest BCUT2D eigenvalue weighted by atomic mass is 9.81. The summed E-state index contributed by atoms with van der Waals surface area (Å²) in [7, 11) is 0. The van der Waals surface area contributed by atoms with E-state index in [-0.39, 0.29) is 0 Å². The molecular formula is C16H10Cl2FNO3. The third-order valence-electron chi connectivity index (χ3n) is 4.21. The zero-order valence-corrected chi connectivity index (χ0v) is 13.0. The van der Waals surface area contributed by atoms with Gasteiger partial charge in [0.1, 0.15) is 17.7 Å². The van der Waals surface area contributed by atoms with E-state index in [2.05, 4.69) is 5.32 Å². The molecule has 0 radical (unpaired) electrons. The standard InChI is InChI=1S/C16H10Cl2FNO3/c17-6-3-9(18)13-10(4-6)20-14(16(21)22)15-12(13)8-5-7(19)1-2-11(8)23-15/h1-5,12,14-15,20H,(H,21,22). The third-order valence-corrected chi connectivity index (χ3v) is 4.74. The van der Waals surface area contributed by atoms with E-state index in [1.165, 1.54) is 18.2 Å². The fourth-order valence-corrected chi connectivity index (χ4v) is 3.92. The normalized spacial score (nSPS) is 24.0. The van der Waals surface area contributed by atoms with Crippen LogP contribution in [-0.2, 0) is 4.79 Å². The van der Waals surface area contributed by atoms with Crippen LogP contribution in [0.4, 0.5) is 10.1 Å². The number of ether oxygens (including phenoxy) is 1. The molecule has 0 aromatic heterocycles. The third kappa shape index (κ3) is 2.15. The number of hydrogen-bond acceptors (Lipinski definition) is 3. The van der Waals surface area contributed by atoms with Gasteiger partial charge in [0.05, 0.1) is 5.92 Å². The molecule has 3 atom stereocenters. The fraction of sp³-hybridized carbons (Fsp3) is 0.188. The molecule has 0 amide bonds. The van der Waals surface area contributed by atoms with Crippen LogP contribution in [-0.4, -0.2) is 23.2 Å². The minimum atomic E-state index is -1.06. The SMILES string of the molecule is O=C(O)C1Nc2cc(Cl)cc(Cl)c2C2c3cc(F)ccc3OC12. The molecule has 23 heavy (non-hydrogen) atoms. The number of aliphatic carboxylic acids is 1. The minimum Gasteiger partial charge on any atom is -0.486 e. The summed E-state index contributed by atoms with van der Waals surface area (Å²) in [6.45, 7) is 0. The Labute approximate surface area is 140 Å². The second-order valence-electron chi connectivity index (χ2n) is 5.55. The van der Waals surface area contributed by atoms with Crippen LogP contribution in [0.3, 0.4) is 0 Å². The van der Waals surface area contributed by atoms with Crippen LogP contribution in [0.15, 0.2) is 30.3 Å². The van der Waals surface area contributed by atoms with Gasteiger partial charge in [-0.05, 0) is 30.3 Å². The number of carbonyl (C=O) groups is 1. The predicted octanol–water partition coefficient (Wildman–Crippen LogP) is 3.90. The maximum atomic E-state index is 13.7. The van der Waals surface area contributed by atoms with Gasteiger partial charge in [-0.15, -0.1) is 0 Å². The maximum absolute atomic E-state index is 13.7. The van der Waals surface area contributed by atoms with Crippen molar-refractivity contribution in [1.82, 2.24) is 0 Å². The number of hydrogen-bond donors (Lipinski definition) is 2. The van der Waals surface area contributed by atoms with E-state index in [1.54, 1.807) is 12.1 Å². The quantitative estimate of drug-likeness (QED) is 0.816. The van der Waals surface area contributed by atoms with Gasteiger partial charge in [0.15, 0.2) is 6.04 Å². The molecule has 2 heterocycles. The van der Waals surface area contributed by atoms with Gasteiger partial charge >= 0.3 is 5.97 Å². The average Bonchev–Trinajstić information content (AvgIpc) is 2.84. The van der Waals surface area contributed by atoms with Crippen molar-refractivity contribution in [3.8, 4) is 5.75 Å². The minimum absolute atomic E-state index is 0.388. The molecule has 0 saturated heterocycles. The average molecular weight is 354 g/mol. The van der Waals surface area contributed by atoms with Crippen LogP contribution in [0.25, 0.3) is 0 Å². The van der Waals surface area contributed by atoms with Gasteiger partial charge < -0.3 is 15.2 Å². The predicted molar refractivity (Wildman–Crippen MR) is 84.2 cm³/mol. The first-order chi connectivity index (χ1) is 11.0. The summed E-state index contributed by atoms with van der Waals surface area (Å²) in [5.41, 5.74) is 1.79. The van der Waals surface area contributed by atoms with Gasteiger partial charge in [-0.1, -0.05) is 23.2 Å². The van der Waals surface area contributed by atoms with E-state index in [9.17, 15) is 14.3 Å². The lowest BCUT2D eigenvalue weighted by molar-refractivity contribution is -0.140. The summed E-state index contributed by atoms with van der Waals surface area (Å²) in [4.78, 5) is 11.6. The second kappa shape index (κ2) is 5.01. The smallest absolute Gasteiger partial charge is 0.330 e. The van der Waals surface area contributed by atoms with Crippen LogP contribution < -0.4 is 10.1 Å². The molecule has 3 unspecified atom stereocenters. The highest BCUT2D eigenvalue weighted by molar-refractivity contribution is 6.35. The summed E-state index contributed by atoms with van der Waals surface area (Å²) < 4.78 is 19.5. The highest BCUT2D eigenvalue weighted by Gasteiger charge is 2.48. The highest BCUT2D eigenvalue weighted by atomic mass is 35.5. The molecule has 4 nitrogen and oxygen atoms in total. The second-order valence-corrected chi connectivity index (χ2v) is 6.40. The molecule has 2 aromatic carbocycles. The van der Waals surface area contributed by atoms with Crippen molar-refractivity contribution in [2.24, 2.45) is 0 Å². The maximum Gasteiger partial charge on any atom is 0.330 e. The van der Waals surface area contributed by atoms with Gasteiger partial charge in [0.25, 0.3) is 0 Å². The van der Waals surface area contributed by atoms with Crippen molar-refractivity contribution >= 4 is 34.9 Å². The van der Waals surface area contributed by atoms with Crippen LogP contribution in [0.5, 0.6) is 5.75 Å². The Morgan fingerprint density at radius 2 is 2.04 bits per heavy atom. The summed E-state index contributed by atoms with van der Waals surface area (Å²) in [6, 6.07) is 6.36. The van der Waals surface area contributed by atoms with E-state index in [1.807, 2.05) is 0 Å². The fourth-order valence-electron chi connectivity index (χ4n) is 3.31. The van der Waals surface area contributed by atoms with Gasteiger partial charge in [-0.2, -0.15) is 0 Å². The zero-order valence-electron chi connectivity index (χ0n) is 11.5. The molecule has 2 aromatic rings. The molecular weight excluding hydrogens is 344 g/mol. The number of halogens is 3. The molecule has 118 valence electrons. The van der Waals surface area contributed by atoms with Crippen LogP contribution >= 0.6 is 23.2 Å². The number of rotatable bonds is 1. The molecule has 0 saturated carbocycles. The summed E-state index contributed by atoms with van der Waals surface area (Å²) in [6.07, 6.45) is -0.713. The topological polar surface area (TPSA) is 58.6 Å². The number of nitrogens with one attached hydrogen (secondary N) is 1. The molecule has 0 spiro atoms. The van der Waals surface area contributed by atoms with Gasteiger partial charge in [0.2, 0.25) is 0 Å². The number of benzene rings is 2. The van der Waals surface area contributed by atoms with Gasteiger partial charge in [0, 0.05) is 26.9 Å². The van der Waals surface area contributed by atoms with Crippen molar-refractivity contribution in [3.05, 3.63) is 57.3 Å². The molecule has 0 bridgehead atoms. The summed E-state index contributed by atoms with van der Waals surface area (Å²) in [5, 5.41) is 13.2. The number of fused-ring (bicyclic) bond motifs is 5. The van der Waals surface area contributed by atoms with Crippen molar-refractivity contribution < 1.29 is 19.0 Å². The monoisotopic (exact) mass is 353 g/mol. The Bertz CT molecular complexity index is 842. The van der Waals surface area contributed by atoms with E-state index in [0.717, 1.165) is 0 Å². The molecule has 2 aliphatic rings. The Hall–Kier alpha value is -1.98. The Kier molecular flexibility index (Phi) is 3.18. The lowest BCUT2D eigenvalue weighted by Gasteiger charge is -2.34. The van der Waals surface area contributed by atoms with E-state index < -0.39 is 29.9 Å². The van der Waals surface area contributed by atoms with Crippen molar-refractivity contribution in [2.45, 2.75) is 18.1 Å². The van der Waals surface area contributed by atoms with Crippen LogP contribution in [0, 0.1) is 5.82 Å². The number of carboxylic acids is 1. The molecule has 7 heteroatoms. The van der Waals surface area contributed by atoms with E-state index >= 15 is 0 Å². The molecule has 0 aliphatic carbocycles. The first-order valence-electron chi connectivity index (χ1n) is 6.90. The summed E-state index contributed by atoms with van der Waals surface area (Å²) in [5.74, 6) is -1.48. The highest BCUT2D eigenvalue weighted by Crippen LogP contribution is 2.51. The first kappa shape index (κ1) is 14.6. The number of anilines is 1. The van der Waals surface area contributed by atoms with E-state index in [4.69, 9.17) is 27.9 Å². The summed E-state index contributed by atoms with van der Waals surface area (Å²) >= 11 is 12.3. The Morgan fingerprint density at radius 1 is 1.26 bits per heavy atom. The molecule has 4 rings (SSSR count). The van der Waals surface area contributed by atoms with Crippen LogP contribution in [0.2, 0.25) is 10.0 Å². The molecule has 0 fully saturated rings. The van der Waals surface area contributed by atoms with Crippen molar-refractivity contribution in [2.75, 3.05) is 5.32 Å². The van der Waals surface area contributed by atoms with Gasteiger partial charge in [-0.3, -0.25) is 0 Å². The Balaban J connectivity index is 1.97. The first-order valence-corrected chi connectivity index (χ1v) is 7.65. The lowest BCUT2D eigenvalue weighted by Crippen LogP contribution is -2.48. The van der Waals surface area contributed by atoms with E-state index in [0.29, 0.717) is 32.6 Å². The largest absolute Gasteiger partial charge is 0.486 e. The number of carboxylic acid groups (broad SMARTS) is 1. The molecule has 2 N–H and O–H groups in total. The molecule has 2 aliphatic heterocycles. The Morgan fingerprint density at radius 3 is 2.78 bits per heavy atom. The van der Waals surface area contributed by atoms with Gasteiger partial charge in [-0.25, -0.2) is 9.18 Å². The van der Waals surface area contributed by atoms with Crippen molar-refractivity contribution in [1.29, 1.82) is 0 Å². The zero-order chi connectivity index (χ0) is 16.3. The van der Waals surface area contributed by atoms with Crippen molar-refractivity contribution in [3.63, 3.8) is 0 Å². The van der Waals surface area contributed by atoms with Crippen LogP contribution in [0.1, 0.15) is 17.0 Å².